The lowest BCUT2D eigenvalue weighted by atomic mass is 10.2. The van der Waals surface area contributed by atoms with Crippen molar-refractivity contribution in [2.75, 3.05) is 0 Å². The summed E-state index contributed by atoms with van der Waals surface area (Å²) in [7, 11) is 0. The number of ether oxygens (including phenoxy) is 1. The predicted molar refractivity (Wildman–Crippen MR) is 88.3 cm³/mol. The molecule has 25 heavy (non-hydrogen) atoms. The first-order valence-electron chi connectivity index (χ1n) is 7.93. The zero-order chi connectivity index (χ0) is 18.0. The van der Waals surface area contributed by atoms with Crippen molar-refractivity contribution < 1.29 is 14.1 Å². The van der Waals surface area contributed by atoms with E-state index in [0.29, 0.717) is 17.2 Å². The maximum atomic E-state index is 12.1. The Bertz CT molecular complexity index is 880. The van der Waals surface area contributed by atoms with E-state index >= 15 is 0 Å². The van der Waals surface area contributed by atoms with Crippen LogP contribution in [0.1, 0.15) is 53.2 Å². The standard InChI is InChI=1S/C17H19N5O3/c1-10(2)16-19-15(25-21-16)9-24-17(23)13-5-6-14(18-8-13)22-12(4)7-11(3)20-22/h5-8,10H,9H2,1-4H3. The van der Waals surface area contributed by atoms with Crippen LogP contribution in [0.4, 0.5) is 0 Å². The van der Waals surface area contributed by atoms with Crippen molar-refractivity contribution in [2.24, 2.45) is 0 Å². The Morgan fingerprint density at radius 3 is 2.68 bits per heavy atom. The summed E-state index contributed by atoms with van der Waals surface area (Å²) in [5, 5.41) is 8.18. The quantitative estimate of drug-likeness (QED) is 0.658. The van der Waals surface area contributed by atoms with Crippen LogP contribution in [0.2, 0.25) is 0 Å². The van der Waals surface area contributed by atoms with Gasteiger partial charge in [0.05, 0.1) is 11.3 Å². The fourth-order valence-corrected chi connectivity index (χ4v) is 2.26. The lowest BCUT2D eigenvalue weighted by Gasteiger charge is -2.05. The average molecular weight is 341 g/mol. The highest BCUT2D eigenvalue weighted by Gasteiger charge is 2.14. The number of aromatic nitrogens is 5. The lowest BCUT2D eigenvalue weighted by molar-refractivity contribution is 0.0429. The van der Waals surface area contributed by atoms with Crippen LogP contribution in [-0.2, 0) is 11.3 Å². The van der Waals surface area contributed by atoms with Gasteiger partial charge in [0.2, 0.25) is 0 Å². The maximum absolute atomic E-state index is 12.1. The molecule has 0 atom stereocenters. The molecule has 8 nitrogen and oxygen atoms in total. The van der Waals surface area contributed by atoms with Crippen LogP contribution < -0.4 is 0 Å². The molecule has 0 saturated heterocycles. The Labute approximate surface area is 144 Å². The molecule has 8 heteroatoms. The molecule has 0 spiro atoms. The third-order valence-corrected chi connectivity index (χ3v) is 3.54. The number of carbonyl (C=O) groups excluding carboxylic acids is 1. The van der Waals surface area contributed by atoms with Crippen LogP contribution in [0.3, 0.4) is 0 Å². The van der Waals surface area contributed by atoms with Gasteiger partial charge in [-0.25, -0.2) is 14.5 Å². The van der Waals surface area contributed by atoms with E-state index in [2.05, 4.69) is 20.2 Å². The van der Waals surface area contributed by atoms with Crippen molar-refractivity contribution in [3.63, 3.8) is 0 Å². The molecule has 3 aromatic rings. The summed E-state index contributed by atoms with van der Waals surface area (Å²) in [5.41, 5.74) is 2.22. The third kappa shape index (κ3) is 3.73. The highest BCUT2D eigenvalue weighted by molar-refractivity contribution is 5.89. The number of rotatable bonds is 5. The van der Waals surface area contributed by atoms with Gasteiger partial charge < -0.3 is 9.26 Å². The molecule has 0 bridgehead atoms. The Morgan fingerprint density at radius 1 is 1.32 bits per heavy atom. The van der Waals surface area contributed by atoms with Crippen LogP contribution in [0.15, 0.2) is 28.9 Å². The molecule has 3 aromatic heterocycles. The molecule has 3 rings (SSSR count). The van der Waals surface area contributed by atoms with E-state index < -0.39 is 5.97 Å². The zero-order valence-electron chi connectivity index (χ0n) is 14.6. The first-order valence-corrected chi connectivity index (χ1v) is 7.93. The summed E-state index contributed by atoms with van der Waals surface area (Å²) in [6.07, 6.45) is 1.46. The molecule has 3 heterocycles. The van der Waals surface area contributed by atoms with Gasteiger partial charge in [-0.05, 0) is 32.0 Å². The summed E-state index contributed by atoms with van der Waals surface area (Å²) >= 11 is 0. The first-order chi connectivity index (χ1) is 11.9. The highest BCUT2D eigenvalue weighted by atomic mass is 16.6. The molecule has 0 aromatic carbocycles. The van der Waals surface area contributed by atoms with Crippen molar-refractivity contribution in [3.05, 3.63) is 53.1 Å². The molecule has 0 aliphatic rings. The number of hydrogen-bond acceptors (Lipinski definition) is 7. The number of esters is 1. The SMILES string of the molecule is Cc1cc(C)n(-c2ccc(C(=O)OCc3nc(C(C)C)no3)cn2)n1. The molecule has 0 aliphatic carbocycles. The third-order valence-electron chi connectivity index (χ3n) is 3.54. The molecule has 0 aliphatic heterocycles. The molecule has 0 fully saturated rings. The monoisotopic (exact) mass is 341 g/mol. The number of nitrogens with zero attached hydrogens (tertiary/aromatic N) is 5. The van der Waals surface area contributed by atoms with E-state index in [1.54, 1.807) is 16.8 Å². The number of pyridine rings is 1. The van der Waals surface area contributed by atoms with E-state index in [0.717, 1.165) is 11.4 Å². The molecule has 0 amide bonds. The highest BCUT2D eigenvalue weighted by Crippen LogP contribution is 2.13. The van der Waals surface area contributed by atoms with E-state index in [9.17, 15) is 4.79 Å². The van der Waals surface area contributed by atoms with E-state index in [1.165, 1.54) is 6.20 Å². The van der Waals surface area contributed by atoms with Gasteiger partial charge in [0.25, 0.3) is 5.89 Å². The summed E-state index contributed by atoms with van der Waals surface area (Å²) in [6.45, 7) is 7.70. The number of carbonyl (C=O) groups is 1. The van der Waals surface area contributed by atoms with Crippen molar-refractivity contribution in [2.45, 2.75) is 40.2 Å². The Morgan fingerprint density at radius 2 is 2.12 bits per heavy atom. The van der Waals surface area contributed by atoms with Crippen LogP contribution in [0.5, 0.6) is 0 Å². The predicted octanol–water partition coefficient (Wildman–Crippen LogP) is 2.75. The summed E-state index contributed by atoms with van der Waals surface area (Å²) in [6, 6.07) is 5.33. The maximum Gasteiger partial charge on any atom is 0.340 e. The van der Waals surface area contributed by atoms with Gasteiger partial charge in [-0.1, -0.05) is 19.0 Å². The van der Waals surface area contributed by atoms with Gasteiger partial charge in [0, 0.05) is 17.8 Å². The lowest BCUT2D eigenvalue weighted by Crippen LogP contribution is -2.08. The fraction of sp³-hybridized carbons (Fsp3) is 0.353. The van der Waals surface area contributed by atoms with Gasteiger partial charge >= 0.3 is 5.97 Å². The zero-order valence-corrected chi connectivity index (χ0v) is 14.6. The summed E-state index contributed by atoms with van der Waals surface area (Å²) in [4.78, 5) is 20.5. The van der Waals surface area contributed by atoms with Gasteiger partial charge in [0.15, 0.2) is 18.2 Å². The molecule has 0 saturated carbocycles. The van der Waals surface area contributed by atoms with Gasteiger partial charge in [0.1, 0.15) is 0 Å². The second kappa shape index (κ2) is 6.84. The average Bonchev–Trinajstić information content (AvgIpc) is 3.19. The minimum Gasteiger partial charge on any atom is -0.452 e. The fourth-order valence-electron chi connectivity index (χ4n) is 2.26. The van der Waals surface area contributed by atoms with Crippen LogP contribution in [-0.4, -0.2) is 30.9 Å². The van der Waals surface area contributed by atoms with E-state index in [4.69, 9.17) is 9.26 Å². The van der Waals surface area contributed by atoms with E-state index in [-0.39, 0.29) is 18.4 Å². The molecule has 0 N–H and O–H groups in total. The Kier molecular flexibility index (Phi) is 4.60. The minimum atomic E-state index is -0.503. The number of aryl methyl sites for hydroxylation is 2. The van der Waals surface area contributed by atoms with Crippen LogP contribution >= 0.6 is 0 Å². The summed E-state index contributed by atoms with van der Waals surface area (Å²) < 4.78 is 11.9. The molecule has 0 radical (unpaired) electrons. The van der Waals surface area contributed by atoms with Crippen molar-refractivity contribution >= 4 is 5.97 Å². The second-order valence-corrected chi connectivity index (χ2v) is 6.02. The van der Waals surface area contributed by atoms with E-state index in [1.807, 2.05) is 33.8 Å². The van der Waals surface area contributed by atoms with Gasteiger partial charge in [-0.15, -0.1) is 0 Å². The van der Waals surface area contributed by atoms with Gasteiger partial charge in [-0.2, -0.15) is 10.1 Å². The summed E-state index contributed by atoms with van der Waals surface area (Å²) in [5.74, 6) is 1.14. The van der Waals surface area contributed by atoms with Gasteiger partial charge in [-0.3, -0.25) is 0 Å². The minimum absolute atomic E-state index is 0.0717. The normalized spacial score (nSPS) is 11.1. The van der Waals surface area contributed by atoms with Crippen molar-refractivity contribution in [1.29, 1.82) is 0 Å². The Balaban J connectivity index is 1.65. The smallest absolute Gasteiger partial charge is 0.340 e. The largest absolute Gasteiger partial charge is 0.452 e. The van der Waals surface area contributed by atoms with Crippen LogP contribution in [0, 0.1) is 13.8 Å². The molecule has 0 unspecified atom stereocenters. The molecular weight excluding hydrogens is 322 g/mol. The second-order valence-electron chi connectivity index (χ2n) is 6.02. The van der Waals surface area contributed by atoms with Crippen LogP contribution in [0.25, 0.3) is 5.82 Å². The first kappa shape index (κ1) is 16.8. The Hall–Kier alpha value is -3.03. The molecule has 130 valence electrons. The topological polar surface area (TPSA) is 95.9 Å². The van der Waals surface area contributed by atoms with Crippen molar-refractivity contribution in [1.82, 2.24) is 24.9 Å². The van der Waals surface area contributed by atoms with Crippen molar-refractivity contribution in [3.8, 4) is 5.82 Å². The number of hydrogen-bond donors (Lipinski definition) is 0. The molecular formula is C17H19N5O3.